The molecule has 7 nitrogen and oxygen atoms in total. The molecule has 8 heteroatoms. The van der Waals surface area contributed by atoms with Crippen LogP contribution >= 0.6 is 7.82 Å². The molecule has 1 unspecified atom stereocenters. The summed E-state index contributed by atoms with van der Waals surface area (Å²) in [5.74, 6) is 0.308. The molecule has 0 spiro atoms. The molecule has 0 aromatic heterocycles. The molecule has 2 aromatic rings. The van der Waals surface area contributed by atoms with E-state index in [4.69, 9.17) is 23.0 Å². The van der Waals surface area contributed by atoms with E-state index in [0.717, 1.165) is 0 Å². The predicted octanol–water partition coefficient (Wildman–Crippen LogP) is 4.83. The molecule has 2 aromatic carbocycles. The number of hydrogen-bond donors (Lipinski definition) is 0. The van der Waals surface area contributed by atoms with E-state index in [-0.39, 0.29) is 13.2 Å². The van der Waals surface area contributed by atoms with E-state index < -0.39 is 19.7 Å². The number of phosphoric ester groups is 1. The van der Waals surface area contributed by atoms with Crippen molar-refractivity contribution in [1.29, 1.82) is 0 Å². The Kier molecular flexibility index (Phi) is 8.20. The van der Waals surface area contributed by atoms with Gasteiger partial charge in [-0.25, -0.2) is 4.57 Å². The second-order valence-electron chi connectivity index (χ2n) is 5.58. The third-order valence-corrected chi connectivity index (χ3v) is 5.44. The Labute approximate surface area is 165 Å². The van der Waals surface area contributed by atoms with Gasteiger partial charge in [0.1, 0.15) is 0 Å². The Balaban J connectivity index is 2.57. The van der Waals surface area contributed by atoms with Crippen molar-refractivity contribution in [2.24, 2.45) is 0 Å². The van der Waals surface area contributed by atoms with E-state index in [2.05, 4.69) is 0 Å². The Morgan fingerprint density at radius 2 is 1.57 bits per heavy atom. The van der Waals surface area contributed by atoms with Crippen LogP contribution < -0.4 is 9.47 Å². The van der Waals surface area contributed by atoms with Crippen molar-refractivity contribution in [3.05, 3.63) is 59.7 Å². The van der Waals surface area contributed by atoms with Crippen LogP contribution in [0.4, 0.5) is 0 Å². The van der Waals surface area contributed by atoms with Crippen LogP contribution in [-0.4, -0.2) is 33.2 Å². The molecular formula is C20H25O7P. The fourth-order valence-corrected chi connectivity index (χ4v) is 3.96. The summed E-state index contributed by atoms with van der Waals surface area (Å²) in [4.78, 5) is 13.2. The predicted molar refractivity (Wildman–Crippen MR) is 105 cm³/mol. The van der Waals surface area contributed by atoms with Crippen molar-refractivity contribution in [3.8, 4) is 11.5 Å². The second kappa shape index (κ2) is 10.4. The average Bonchev–Trinajstić information content (AvgIpc) is 2.72. The third kappa shape index (κ3) is 5.20. The lowest BCUT2D eigenvalue weighted by molar-refractivity contribution is 0.0587. The van der Waals surface area contributed by atoms with E-state index in [1.807, 2.05) is 0 Å². The first-order valence-corrected chi connectivity index (χ1v) is 10.3. The highest BCUT2D eigenvalue weighted by molar-refractivity contribution is 7.48. The molecule has 0 aliphatic carbocycles. The third-order valence-electron chi connectivity index (χ3n) is 3.82. The highest BCUT2D eigenvalue weighted by Crippen LogP contribution is 2.54. The number of phosphoric acid groups is 1. The van der Waals surface area contributed by atoms with Crippen molar-refractivity contribution in [1.82, 2.24) is 0 Å². The molecule has 0 radical (unpaired) electrons. The molecule has 28 heavy (non-hydrogen) atoms. The molecule has 0 heterocycles. The maximum absolute atomic E-state index is 13.2. The van der Waals surface area contributed by atoms with Crippen LogP contribution in [0.1, 0.15) is 35.9 Å². The summed E-state index contributed by atoms with van der Waals surface area (Å²) in [6.45, 7) is 3.52. The van der Waals surface area contributed by atoms with Crippen LogP contribution in [-0.2, 0) is 18.1 Å². The largest absolute Gasteiger partial charge is 0.493 e. The smallest absolute Gasteiger partial charge is 0.475 e. The number of ether oxygens (including phenoxy) is 2. The first kappa shape index (κ1) is 22.1. The lowest BCUT2D eigenvalue weighted by Crippen LogP contribution is -2.18. The summed E-state index contributed by atoms with van der Waals surface area (Å²) in [5.41, 5.74) is 0.743. The lowest BCUT2D eigenvalue weighted by atomic mass is 9.99. The van der Waals surface area contributed by atoms with Gasteiger partial charge in [-0.15, -0.1) is 0 Å². The van der Waals surface area contributed by atoms with E-state index in [1.54, 1.807) is 62.4 Å². The fraction of sp³-hybridized carbons (Fsp3) is 0.350. The van der Waals surface area contributed by atoms with Gasteiger partial charge in [0.2, 0.25) is 0 Å². The molecule has 0 bridgehead atoms. The van der Waals surface area contributed by atoms with Gasteiger partial charge in [-0.1, -0.05) is 42.5 Å². The summed E-state index contributed by atoms with van der Waals surface area (Å²) in [6, 6.07) is 13.6. The van der Waals surface area contributed by atoms with Crippen LogP contribution in [0.3, 0.4) is 0 Å². The Morgan fingerprint density at radius 1 is 0.929 bits per heavy atom. The van der Waals surface area contributed by atoms with E-state index in [0.29, 0.717) is 22.6 Å². The van der Waals surface area contributed by atoms with E-state index >= 15 is 0 Å². The number of rotatable bonds is 11. The molecule has 0 saturated heterocycles. The fourth-order valence-electron chi connectivity index (χ4n) is 2.66. The zero-order valence-electron chi connectivity index (χ0n) is 16.4. The minimum absolute atomic E-state index is 0.0960. The lowest BCUT2D eigenvalue weighted by Gasteiger charge is -2.24. The van der Waals surface area contributed by atoms with Gasteiger partial charge in [-0.05, 0) is 19.9 Å². The number of carbonyl (C=O) groups excluding carboxylic acids is 1. The number of methoxy groups -OCH3 is 2. The van der Waals surface area contributed by atoms with Gasteiger partial charge >= 0.3 is 7.82 Å². The first-order valence-electron chi connectivity index (χ1n) is 8.87. The topological polar surface area (TPSA) is 80.3 Å². The summed E-state index contributed by atoms with van der Waals surface area (Å²) in [6.07, 6.45) is -1.28. The maximum Gasteiger partial charge on any atom is 0.475 e. The highest BCUT2D eigenvalue weighted by atomic mass is 31.2. The molecule has 0 amide bonds. The van der Waals surface area contributed by atoms with Gasteiger partial charge in [0, 0.05) is 11.1 Å². The molecule has 0 fully saturated rings. The Hall–Kier alpha value is -2.18. The first-order chi connectivity index (χ1) is 13.5. The quantitative estimate of drug-likeness (QED) is 0.389. The number of hydrogen-bond acceptors (Lipinski definition) is 7. The number of Topliss-reactive ketones (excluding diaryl/α,β-unsaturated/α-hetero) is 1. The summed E-state index contributed by atoms with van der Waals surface area (Å²) >= 11 is 0. The Bertz CT molecular complexity index is 813. The zero-order valence-corrected chi connectivity index (χ0v) is 17.3. The molecule has 0 saturated carbocycles. The van der Waals surface area contributed by atoms with Gasteiger partial charge in [0.05, 0.1) is 27.4 Å². The van der Waals surface area contributed by atoms with Crippen molar-refractivity contribution in [2.75, 3.05) is 27.4 Å². The molecule has 0 N–H and O–H groups in total. The number of carbonyl (C=O) groups is 1. The van der Waals surface area contributed by atoms with E-state index in [1.165, 1.54) is 14.2 Å². The summed E-state index contributed by atoms with van der Waals surface area (Å²) in [5, 5.41) is 0. The molecule has 2 rings (SSSR count). The summed E-state index contributed by atoms with van der Waals surface area (Å²) in [7, 11) is -1.04. The van der Waals surface area contributed by atoms with Gasteiger partial charge < -0.3 is 9.47 Å². The molecular weight excluding hydrogens is 383 g/mol. The standard InChI is InChI=1S/C20H25O7P/c1-5-25-28(22,26-6-2)27-20(18(21)15-11-8-7-9-12-15)16-13-10-14-17(23-3)19(16)24-4/h7-14,20H,5-6H2,1-4H3. The van der Waals surface area contributed by atoms with Crippen LogP contribution in [0.5, 0.6) is 11.5 Å². The molecule has 0 aliphatic heterocycles. The van der Waals surface area contributed by atoms with E-state index in [9.17, 15) is 9.36 Å². The van der Waals surface area contributed by atoms with Crippen LogP contribution in [0.25, 0.3) is 0 Å². The molecule has 152 valence electrons. The van der Waals surface area contributed by atoms with Crippen molar-refractivity contribution < 1.29 is 32.4 Å². The zero-order chi connectivity index (χ0) is 20.6. The average molecular weight is 408 g/mol. The van der Waals surface area contributed by atoms with Crippen LogP contribution in [0.2, 0.25) is 0 Å². The molecule has 1 atom stereocenters. The minimum atomic E-state index is -3.99. The van der Waals surface area contributed by atoms with Crippen molar-refractivity contribution in [2.45, 2.75) is 20.0 Å². The minimum Gasteiger partial charge on any atom is -0.493 e. The second-order valence-corrected chi connectivity index (χ2v) is 7.20. The Morgan fingerprint density at radius 3 is 2.11 bits per heavy atom. The van der Waals surface area contributed by atoms with Crippen LogP contribution in [0.15, 0.2) is 48.5 Å². The summed E-state index contributed by atoms with van der Waals surface area (Å²) < 4.78 is 39.9. The van der Waals surface area contributed by atoms with Crippen molar-refractivity contribution in [3.63, 3.8) is 0 Å². The SMILES string of the molecule is CCOP(=O)(OCC)OC(C(=O)c1ccccc1)c1cccc(OC)c1OC. The van der Waals surface area contributed by atoms with Gasteiger partial charge in [-0.3, -0.25) is 18.4 Å². The number of ketones is 1. The van der Waals surface area contributed by atoms with Gasteiger partial charge in [0.15, 0.2) is 23.4 Å². The highest BCUT2D eigenvalue weighted by Gasteiger charge is 2.37. The van der Waals surface area contributed by atoms with Gasteiger partial charge in [0.25, 0.3) is 0 Å². The number of benzene rings is 2. The van der Waals surface area contributed by atoms with Crippen molar-refractivity contribution >= 4 is 13.6 Å². The van der Waals surface area contributed by atoms with Gasteiger partial charge in [-0.2, -0.15) is 0 Å². The monoisotopic (exact) mass is 408 g/mol. The maximum atomic E-state index is 13.2. The normalized spacial score (nSPS) is 12.4. The van der Waals surface area contributed by atoms with Crippen LogP contribution in [0, 0.1) is 0 Å². The molecule has 0 aliphatic rings. The number of para-hydroxylation sites is 1.